The lowest BCUT2D eigenvalue weighted by Crippen LogP contribution is -2.04. The highest BCUT2D eigenvalue weighted by Crippen LogP contribution is 2.32. The third-order valence-corrected chi connectivity index (χ3v) is 2.49. The summed E-state index contributed by atoms with van der Waals surface area (Å²) in [6.45, 7) is 2.70. The van der Waals surface area contributed by atoms with Crippen LogP contribution in [0.25, 0.3) is 11.3 Å². The molecule has 0 spiro atoms. The fourth-order valence-electron chi connectivity index (χ4n) is 1.70. The Morgan fingerprint density at radius 2 is 2.21 bits per heavy atom. The highest BCUT2D eigenvalue weighted by Gasteiger charge is 2.14. The molecule has 19 heavy (non-hydrogen) atoms. The van der Waals surface area contributed by atoms with Gasteiger partial charge in [0.05, 0.1) is 12.7 Å². The predicted molar refractivity (Wildman–Crippen MR) is 70.7 cm³/mol. The number of pyridine rings is 1. The molecule has 0 radical (unpaired) electrons. The van der Waals surface area contributed by atoms with Crippen LogP contribution in [-0.4, -0.2) is 28.6 Å². The maximum absolute atomic E-state index is 8.91. The molecular weight excluding hydrogens is 242 g/mol. The molecule has 2 aromatic rings. The van der Waals surface area contributed by atoms with Crippen LogP contribution in [0.3, 0.4) is 0 Å². The molecular formula is C13H13N5O. The zero-order valence-electron chi connectivity index (χ0n) is 10.7. The number of nitrogens with zero attached hydrogens (tertiary/aromatic N) is 4. The number of methoxy groups -OCH3 is 1. The molecule has 2 aromatic heterocycles. The summed E-state index contributed by atoms with van der Waals surface area (Å²) in [4.78, 5) is 12.4. The maximum atomic E-state index is 8.91. The number of aromatic nitrogens is 3. The van der Waals surface area contributed by atoms with Crippen LogP contribution in [0.5, 0.6) is 5.75 Å². The van der Waals surface area contributed by atoms with E-state index >= 15 is 0 Å². The minimum Gasteiger partial charge on any atom is -0.491 e. The van der Waals surface area contributed by atoms with Crippen molar-refractivity contribution >= 4 is 5.82 Å². The molecule has 0 bridgehead atoms. The van der Waals surface area contributed by atoms with Gasteiger partial charge in [0.2, 0.25) is 0 Å². The van der Waals surface area contributed by atoms with Crippen LogP contribution in [0.1, 0.15) is 12.5 Å². The maximum Gasteiger partial charge on any atom is 0.187 e. The van der Waals surface area contributed by atoms with Crippen LogP contribution in [-0.2, 0) is 0 Å². The number of nitriles is 1. The van der Waals surface area contributed by atoms with Crippen LogP contribution in [0.15, 0.2) is 24.8 Å². The standard InChI is InChI=1S/C13H13N5O/c1-3-16-13-12(19-2)11(17-8-18-13)10-4-9(5-14)6-15-7-10/h4,6-8H,3H2,1-2H3,(H,16,17,18). The second kappa shape index (κ2) is 5.78. The van der Waals surface area contributed by atoms with Crippen molar-refractivity contribution in [2.45, 2.75) is 6.92 Å². The largest absolute Gasteiger partial charge is 0.491 e. The summed E-state index contributed by atoms with van der Waals surface area (Å²) in [5, 5.41) is 12.0. The van der Waals surface area contributed by atoms with Crippen molar-refractivity contribution < 1.29 is 4.74 Å². The Morgan fingerprint density at radius 1 is 1.37 bits per heavy atom. The highest BCUT2D eigenvalue weighted by atomic mass is 16.5. The lowest BCUT2D eigenvalue weighted by molar-refractivity contribution is 0.414. The molecule has 0 unspecified atom stereocenters. The van der Waals surface area contributed by atoms with Crippen molar-refractivity contribution in [3.8, 4) is 23.1 Å². The Hall–Kier alpha value is -2.68. The Labute approximate surface area is 111 Å². The molecule has 0 aliphatic rings. The monoisotopic (exact) mass is 255 g/mol. The number of anilines is 1. The normalized spacial score (nSPS) is 9.74. The van der Waals surface area contributed by atoms with Gasteiger partial charge in [-0.05, 0) is 13.0 Å². The van der Waals surface area contributed by atoms with Gasteiger partial charge < -0.3 is 10.1 Å². The number of rotatable bonds is 4. The van der Waals surface area contributed by atoms with Crippen molar-refractivity contribution in [2.24, 2.45) is 0 Å². The number of hydrogen-bond acceptors (Lipinski definition) is 6. The van der Waals surface area contributed by atoms with Gasteiger partial charge in [-0.3, -0.25) is 4.98 Å². The molecule has 1 N–H and O–H groups in total. The zero-order chi connectivity index (χ0) is 13.7. The fourth-order valence-corrected chi connectivity index (χ4v) is 1.70. The second-order valence-corrected chi connectivity index (χ2v) is 3.71. The van der Waals surface area contributed by atoms with E-state index in [4.69, 9.17) is 10.00 Å². The Morgan fingerprint density at radius 3 is 2.89 bits per heavy atom. The van der Waals surface area contributed by atoms with Crippen LogP contribution in [0.2, 0.25) is 0 Å². The number of hydrogen-bond donors (Lipinski definition) is 1. The van der Waals surface area contributed by atoms with Gasteiger partial charge in [0, 0.05) is 24.5 Å². The molecule has 0 saturated heterocycles. The van der Waals surface area contributed by atoms with Gasteiger partial charge in [-0.1, -0.05) is 0 Å². The quantitative estimate of drug-likeness (QED) is 0.897. The van der Waals surface area contributed by atoms with Gasteiger partial charge in [0.15, 0.2) is 11.6 Å². The van der Waals surface area contributed by atoms with Gasteiger partial charge in [-0.15, -0.1) is 0 Å². The SMILES string of the molecule is CCNc1ncnc(-c2cncc(C#N)c2)c1OC. The minimum absolute atomic E-state index is 0.475. The Bertz CT molecular complexity index is 621. The van der Waals surface area contributed by atoms with Crippen molar-refractivity contribution in [1.82, 2.24) is 15.0 Å². The van der Waals surface area contributed by atoms with Crippen molar-refractivity contribution in [2.75, 3.05) is 19.0 Å². The lowest BCUT2D eigenvalue weighted by atomic mass is 10.1. The number of nitrogens with one attached hydrogen (secondary N) is 1. The van der Waals surface area contributed by atoms with Crippen LogP contribution in [0.4, 0.5) is 5.82 Å². The molecule has 0 saturated carbocycles. The Balaban J connectivity index is 2.55. The van der Waals surface area contributed by atoms with Gasteiger partial charge in [0.1, 0.15) is 18.1 Å². The summed E-state index contributed by atoms with van der Waals surface area (Å²) in [6.07, 6.45) is 4.60. The Kier molecular flexibility index (Phi) is 3.88. The smallest absolute Gasteiger partial charge is 0.187 e. The topological polar surface area (TPSA) is 83.7 Å². The summed E-state index contributed by atoms with van der Waals surface area (Å²) >= 11 is 0. The summed E-state index contributed by atoms with van der Waals surface area (Å²) in [6, 6.07) is 3.77. The summed E-state index contributed by atoms with van der Waals surface area (Å²) in [5.41, 5.74) is 1.80. The van der Waals surface area contributed by atoms with E-state index in [1.807, 2.05) is 6.92 Å². The molecule has 2 heterocycles. The molecule has 6 nitrogen and oxygen atoms in total. The van der Waals surface area contributed by atoms with E-state index in [1.165, 1.54) is 12.5 Å². The third-order valence-electron chi connectivity index (χ3n) is 2.49. The van der Waals surface area contributed by atoms with Crippen LogP contribution >= 0.6 is 0 Å². The van der Waals surface area contributed by atoms with Gasteiger partial charge in [0.25, 0.3) is 0 Å². The first-order valence-corrected chi connectivity index (χ1v) is 5.78. The van der Waals surface area contributed by atoms with Crippen molar-refractivity contribution in [3.63, 3.8) is 0 Å². The molecule has 6 heteroatoms. The van der Waals surface area contributed by atoms with Gasteiger partial charge in [-0.2, -0.15) is 5.26 Å². The zero-order valence-corrected chi connectivity index (χ0v) is 10.7. The van der Waals surface area contributed by atoms with E-state index in [9.17, 15) is 0 Å². The van der Waals surface area contributed by atoms with E-state index in [1.54, 1.807) is 19.4 Å². The molecule has 0 aromatic carbocycles. The first-order chi connectivity index (χ1) is 9.30. The average molecular weight is 255 g/mol. The van der Waals surface area contributed by atoms with Crippen LogP contribution in [0, 0.1) is 11.3 Å². The average Bonchev–Trinajstić information content (AvgIpc) is 2.47. The van der Waals surface area contributed by atoms with E-state index < -0.39 is 0 Å². The lowest BCUT2D eigenvalue weighted by Gasteiger charge is -2.12. The summed E-state index contributed by atoms with van der Waals surface area (Å²) < 4.78 is 5.36. The molecule has 0 aliphatic carbocycles. The van der Waals surface area contributed by atoms with Crippen molar-refractivity contribution in [1.29, 1.82) is 5.26 Å². The molecule has 96 valence electrons. The first-order valence-electron chi connectivity index (χ1n) is 5.78. The molecule has 0 aliphatic heterocycles. The van der Waals surface area contributed by atoms with Crippen molar-refractivity contribution in [3.05, 3.63) is 30.4 Å². The van der Waals surface area contributed by atoms with Gasteiger partial charge in [-0.25, -0.2) is 9.97 Å². The summed E-state index contributed by atoms with van der Waals surface area (Å²) in [5.74, 6) is 1.17. The molecule has 0 atom stereocenters. The van der Waals surface area contributed by atoms with Gasteiger partial charge >= 0.3 is 0 Å². The second-order valence-electron chi connectivity index (χ2n) is 3.71. The first kappa shape index (κ1) is 12.8. The van der Waals surface area contributed by atoms with E-state index in [0.29, 0.717) is 22.8 Å². The fraction of sp³-hybridized carbons (Fsp3) is 0.231. The molecule has 0 fully saturated rings. The van der Waals surface area contributed by atoms with E-state index in [0.717, 1.165) is 12.1 Å². The molecule has 2 rings (SSSR count). The molecule has 0 amide bonds. The third kappa shape index (κ3) is 2.60. The predicted octanol–water partition coefficient (Wildman–Crippen LogP) is 1.85. The minimum atomic E-state index is 0.475. The highest BCUT2D eigenvalue weighted by molar-refractivity contribution is 5.72. The van der Waals surface area contributed by atoms with Crippen LogP contribution < -0.4 is 10.1 Å². The number of ether oxygens (including phenoxy) is 1. The summed E-state index contributed by atoms with van der Waals surface area (Å²) in [7, 11) is 1.56. The van der Waals surface area contributed by atoms with E-state index in [-0.39, 0.29) is 0 Å². The van der Waals surface area contributed by atoms with E-state index in [2.05, 4.69) is 26.3 Å².